The Kier molecular flexibility index (Phi) is 8.21. The van der Waals surface area contributed by atoms with Crippen LogP contribution >= 0.6 is 11.3 Å². The summed E-state index contributed by atoms with van der Waals surface area (Å²) in [5.41, 5.74) is 6.62. The van der Waals surface area contributed by atoms with Crippen LogP contribution in [0.3, 0.4) is 0 Å². The van der Waals surface area contributed by atoms with E-state index in [1.807, 2.05) is 29.9 Å². The van der Waals surface area contributed by atoms with E-state index in [2.05, 4.69) is 43.1 Å². The first kappa shape index (κ1) is 20.8. The fourth-order valence-electron chi connectivity index (χ4n) is 2.82. The Balaban J connectivity index is 0.000000194. The summed E-state index contributed by atoms with van der Waals surface area (Å²) in [6.07, 6.45) is 4.69. The van der Waals surface area contributed by atoms with Crippen LogP contribution in [0.4, 0.5) is 0 Å². The van der Waals surface area contributed by atoms with E-state index in [4.69, 9.17) is 4.74 Å². The second-order valence-electron chi connectivity index (χ2n) is 6.52. The van der Waals surface area contributed by atoms with Gasteiger partial charge in [0.25, 0.3) is 0 Å². The number of aryl methyl sites for hydroxylation is 2. The van der Waals surface area contributed by atoms with Crippen LogP contribution in [0.2, 0.25) is 0 Å². The number of benzene rings is 2. The van der Waals surface area contributed by atoms with Gasteiger partial charge < -0.3 is 4.74 Å². The number of carbonyl (C=O) groups excluding carboxylic acids is 1. The highest BCUT2D eigenvalue weighted by Gasteiger charge is 2.06. The number of aromatic nitrogens is 1. The molecule has 3 rings (SSSR count). The Morgan fingerprint density at radius 2 is 1.93 bits per heavy atom. The van der Waals surface area contributed by atoms with Crippen molar-refractivity contribution in [3.63, 3.8) is 0 Å². The van der Waals surface area contributed by atoms with Crippen LogP contribution in [-0.2, 0) is 17.6 Å². The lowest BCUT2D eigenvalue weighted by atomic mass is 10.0. The highest BCUT2D eigenvalue weighted by molar-refractivity contribution is 7.13. The number of methoxy groups -OCH3 is 1. The standard InChI is InChI=1S/C12H16O.C11H11NOS/c1-3-5-11-6-4-7-12(9-11)8-10(2)13;1-8-3-4-9(10(5-8)13-2)11-6-12-7-14-11/h4,6-7,9H,3,5,8H2,1-2H3;3-7H,1-2H3. The van der Waals surface area contributed by atoms with Crippen molar-refractivity contribution in [3.05, 3.63) is 70.9 Å². The van der Waals surface area contributed by atoms with Crippen LogP contribution in [0.1, 0.15) is 37.0 Å². The van der Waals surface area contributed by atoms with E-state index in [9.17, 15) is 4.79 Å². The molecule has 0 fully saturated rings. The summed E-state index contributed by atoms with van der Waals surface area (Å²) in [5.74, 6) is 1.14. The van der Waals surface area contributed by atoms with Gasteiger partial charge in [-0.1, -0.05) is 43.7 Å². The van der Waals surface area contributed by atoms with Gasteiger partial charge in [-0.2, -0.15) is 0 Å². The molecule has 0 spiro atoms. The fraction of sp³-hybridized carbons (Fsp3) is 0.304. The van der Waals surface area contributed by atoms with Gasteiger partial charge in [-0.3, -0.25) is 9.78 Å². The minimum Gasteiger partial charge on any atom is -0.496 e. The van der Waals surface area contributed by atoms with Crippen molar-refractivity contribution in [3.8, 4) is 16.2 Å². The maximum absolute atomic E-state index is 10.9. The highest BCUT2D eigenvalue weighted by atomic mass is 32.1. The maximum atomic E-state index is 10.9. The number of carbonyl (C=O) groups is 1. The third-order valence-electron chi connectivity index (χ3n) is 4.04. The summed E-state index contributed by atoms with van der Waals surface area (Å²) in [4.78, 5) is 16.1. The molecule has 0 aliphatic rings. The second-order valence-corrected chi connectivity index (χ2v) is 7.40. The molecular formula is C23H27NO2S. The number of nitrogens with zero attached hydrogens (tertiary/aromatic N) is 1. The second kappa shape index (κ2) is 10.6. The zero-order chi connectivity index (χ0) is 19.6. The minimum absolute atomic E-state index is 0.230. The third kappa shape index (κ3) is 6.65. The van der Waals surface area contributed by atoms with Crippen LogP contribution in [0.15, 0.2) is 54.2 Å². The number of rotatable bonds is 6. The quantitative estimate of drug-likeness (QED) is 0.534. The maximum Gasteiger partial charge on any atom is 0.134 e. The SMILES string of the molecule is CCCc1cccc(CC(C)=O)c1.COc1cc(C)ccc1-c1cncs1. The Morgan fingerprint density at radius 1 is 1.15 bits per heavy atom. The van der Waals surface area contributed by atoms with E-state index in [1.54, 1.807) is 25.4 Å². The fourth-order valence-corrected chi connectivity index (χ4v) is 3.47. The first-order valence-electron chi connectivity index (χ1n) is 9.14. The van der Waals surface area contributed by atoms with Crippen LogP contribution < -0.4 is 4.74 Å². The molecule has 0 aliphatic carbocycles. The Bertz CT molecular complexity index is 857. The molecule has 142 valence electrons. The molecule has 3 aromatic rings. The largest absolute Gasteiger partial charge is 0.496 e. The highest BCUT2D eigenvalue weighted by Crippen LogP contribution is 2.32. The van der Waals surface area contributed by atoms with Gasteiger partial charge in [-0.15, -0.1) is 11.3 Å². The summed E-state index contributed by atoms with van der Waals surface area (Å²) < 4.78 is 5.33. The van der Waals surface area contributed by atoms with Crippen LogP contribution in [-0.4, -0.2) is 17.9 Å². The molecule has 2 aromatic carbocycles. The number of thiazole rings is 1. The molecule has 0 aliphatic heterocycles. The molecule has 0 bridgehead atoms. The molecule has 0 saturated carbocycles. The molecule has 0 N–H and O–H groups in total. The molecule has 1 heterocycles. The normalized spacial score (nSPS) is 10.1. The predicted octanol–water partition coefficient (Wildman–Crippen LogP) is 5.90. The van der Waals surface area contributed by atoms with E-state index in [1.165, 1.54) is 11.1 Å². The van der Waals surface area contributed by atoms with Gasteiger partial charge >= 0.3 is 0 Å². The average Bonchev–Trinajstić information content (AvgIpc) is 3.16. The van der Waals surface area contributed by atoms with Crippen LogP contribution in [0.25, 0.3) is 10.4 Å². The number of ketones is 1. The Hall–Kier alpha value is -2.46. The molecule has 4 heteroatoms. The first-order valence-corrected chi connectivity index (χ1v) is 10.0. The van der Waals surface area contributed by atoms with Crippen molar-refractivity contribution in [2.24, 2.45) is 0 Å². The summed E-state index contributed by atoms with van der Waals surface area (Å²) in [6, 6.07) is 14.5. The van der Waals surface area contributed by atoms with Crippen molar-refractivity contribution in [1.82, 2.24) is 4.98 Å². The van der Waals surface area contributed by atoms with Gasteiger partial charge in [0.15, 0.2) is 0 Å². The molecular weight excluding hydrogens is 354 g/mol. The molecule has 27 heavy (non-hydrogen) atoms. The molecule has 0 unspecified atom stereocenters. The smallest absolute Gasteiger partial charge is 0.134 e. The van der Waals surface area contributed by atoms with Gasteiger partial charge in [-0.25, -0.2) is 0 Å². The predicted molar refractivity (Wildman–Crippen MR) is 114 cm³/mol. The number of hydrogen-bond donors (Lipinski definition) is 0. The lowest BCUT2D eigenvalue weighted by Crippen LogP contribution is -1.96. The summed E-state index contributed by atoms with van der Waals surface area (Å²) in [6.45, 7) is 5.85. The number of Topliss-reactive ketones (excluding diaryl/α,β-unsaturated/α-hetero) is 1. The summed E-state index contributed by atoms with van der Waals surface area (Å²) in [7, 11) is 1.69. The number of hydrogen-bond acceptors (Lipinski definition) is 4. The van der Waals surface area contributed by atoms with Crippen LogP contribution in [0, 0.1) is 6.92 Å². The molecule has 3 nitrogen and oxygen atoms in total. The van der Waals surface area contributed by atoms with Crippen molar-refractivity contribution in [2.75, 3.05) is 7.11 Å². The van der Waals surface area contributed by atoms with Crippen molar-refractivity contribution >= 4 is 17.1 Å². The van der Waals surface area contributed by atoms with Gasteiger partial charge in [-0.05, 0) is 49.1 Å². The monoisotopic (exact) mass is 381 g/mol. The van der Waals surface area contributed by atoms with Gasteiger partial charge in [0.05, 0.1) is 17.5 Å². The Labute approximate surface area is 166 Å². The molecule has 0 saturated heterocycles. The third-order valence-corrected chi connectivity index (χ3v) is 4.84. The van der Waals surface area contributed by atoms with Crippen molar-refractivity contribution < 1.29 is 9.53 Å². The van der Waals surface area contributed by atoms with E-state index in [0.29, 0.717) is 6.42 Å². The van der Waals surface area contributed by atoms with Gasteiger partial charge in [0.2, 0.25) is 0 Å². The van der Waals surface area contributed by atoms with E-state index < -0.39 is 0 Å². The zero-order valence-electron chi connectivity index (χ0n) is 16.5. The molecule has 0 radical (unpaired) electrons. The topological polar surface area (TPSA) is 39.2 Å². The van der Waals surface area contributed by atoms with Crippen molar-refractivity contribution in [1.29, 1.82) is 0 Å². The van der Waals surface area contributed by atoms with E-state index in [0.717, 1.165) is 34.6 Å². The van der Waals surface area contributed by atoms with E-state index >= 15 is 0 Å². The Morgan fingerprint density at radius 3 is 2.56 bits per heavy atom. The van der Waals surface area contributed by atoms with E-state index in [-0.39, 0.29) is 5.78 Å². The summed E-state index contributed by atoms with van der Waals surface area (Å²) >= 11 is 1.62. The number of ether oxygens (including phenoxy) is 1. The molecule has 0 atom stereocenters. The molecule has 0 amide bonds. The van der Waals surface area contributed by atoms with Gasteiger partial charge in [0, 0.05) is 18.2 Å². The van der Waals surface area contributed by atoms with Gasteiger partial charge in [0.1, 0.15) is 11.5 Å². The first-order chi connectivity index (χ1) is 13.0. The van der Waals surface area contributed by atoms with Crippen LogP contribution in [0.5, 0.6) is 5.75 Å². The van der Waals surface area contributed by atoms with Crippen molar-refractivity contribution in [2.45, 2.75) is 40.0 Å². The molecule has 1 aromatic heterocycles. The minimum atomic E-state index is 0.230. The zero-order valence-corrected chi connectivity index (χ0v) is 17.3. The average molecular weight is 382 g/mol. The lowest BCUT2D eigenvalue weighted by molar-refractivity contribution is -0.116. The summed E-state index contributed by atoms with van der Waals surface area (Å²) in [5, 5.41) is 0. The lowest BCUT2D eigenvalue weighted by Gasteiger charge is -2.06.